The number of carbonyl (C=O) groups is 1. The topological polar surface area (TPSA) is 49.3 Å². The minimum atomic E-state index is -0.0316. The predicted molar refractivity (Wildman–Crippen MR) is 97.6 cm³/mol. The molecule has 0 radical (unpaired) electrons. The van der Waals surface area contributed by atoms with E-state index in [0.29, 0.717) is 13.1 Å². The predicted octanol–water partition coefficient (Wildman–Crippen LogP) is 2.88. The molecule has 1 fully saturated rings. The number of rotatable bonds is 5. The first-order chi connectivity index (χ1) is 12.2. The lowest BCUT2D eigenvalue weighted by atomic mass is 10.1. The minimum Gasteiger partial charge on any atom is -0.333 e. The van der Waals surface area contributed by atoms with Crippen LogP contribution < -0.4 is 0 Å². The van der Waals surface area contributed by atoms with Crippen LogP contribution in [0.2, 0.25) is 0 Å². The van der Waals surface area contributed by atoms with Crippen LogP contribution in [-0.2, 0) is 17.9 Å². The molecule has 5 heteroatoms. The summed E-state index contributed by atoms with van der Waals surface area (Å²) in [5, 5.41) is 0. The van der Waals surface area contributed by atoms with E-state index >= 15 is 0 Å². The van der Waals surface area contributed by atoms with Gasteiger partial charge in [0.25, 0.3) is 0 Å². The summed E-state index contributed by atoms with van der Waals surface area (Å²) in [6.07, 6.45) is 11.6. The standard InChI is InChI=1S/C20H26N4O/c1-23-12-4-2-3-9-19(23)20(25)24(15-17-7-5-10-21-13-17)16-18-8-6-11-22-14-18/h5-8,10-11,13-14,19H,2-4,9,12,15-16H2,1H3/t19-/m1/s1. The average Bonchev–Trinajstić information content (AvgIpc) is 2.87. The molecule has 0 saturated carbocycles. The van der Waals surface area contributed by atoms with Gasteiger partial charge in [-0.3, -0.25) is 19.7 Å². The molecule has 132 valence electrons. The van der Waals surface area contributed by atoms with Crippen molar-refractivity contribution in [2.45, 2.75) is 44.8 Å². The first kappa shape index (κ1) is 17.5. The zero-order chi connectivity index (χ0) is 17.5. The highest BCUT2D eigenvalue weighted by molar-refractivity contribution is 5.82. The number of amides is 1. The van der Waals surface area contributed by atoms with Crippen molar-refractivity contribution in [3.63, 3.8) is 0 Å². The van der Waals surface area contributed by atoms with Crippen LogP contribution in [0.5, 0.6) is 0 Å². The zero-order valence-electron chi connectivity index (χ0n) is 14.8. The highest BCUT2D eigenvalue weighted by Gasteiger charge is 2.29. The Bertz CT molecular complexity index is 620. The van der Waals surface area contributed by atoms with Gasteiger partial charge in [-0.15, -0.1) is 0 Å². The molecule has 0 N–H and O–H groups in total. The van der Waals surface area contributed by atoms with Gasteiger partial charge in [0.15, 0.2) is 0 Å². The second kappa shape index (κ2) is 8.72. The van der Waals surface area contributed by atoms with Gasteiger partial charge in [0.05, 0.1) is 6.04 Å². The monoisotopic (exact) mass is 338 g/mol. The van der Waals surface area contributed by atoms with Crippen LogP contribution in [-0.4, -0.2) is 45.3 Å². The van der Waals surface area contributed by atoms with Crippen LogP contribution in [0.4, 0.5) is 0 Å². The maximum absolute atomic E-state index is 13.3. The van der Waals surface area contributed by atoms with Crippen LogP contribution in [0.3, 0.4) is 0 Å². The quantitative estimate of drug-likeness (QED) is 0.841. The highest BCUT2D eigenvalue weighted by Crippen LogP contribution is 2.19. The van der Waals surface area contributed by atoms with Crippen LogP contribution >= 0.6 is 0 Å². The van der Waals surface area contributed by atoms with E-state index in [-0.39, 0.29) is 11.9 Å². The number of likely N-dealkylation sites (N-methyl/N-ethyl adjacent to an activating group) is 1. The van der Waals surface area contributed by atoms with E-state index in [4.69, 9.17) is 0 Å². The van der Waals surface area contributed by atoms with Crippen molar-refractivity contribution in [1.29, 1.82) is 0 Å². The van der Waals surface area contributed by atoms with Crippen molar-refractivity contribution in [2.24, 2.45) is 0 Å². The van der Waals surface area contributed by atoms with Crippen molar-refractivity contribution in [1.82, 2.24) is 19.8 Å². The molecule has 25 heavy (non-hydrogen) atoms. The molecular weight excluding hydrogens is 312 g/mol. The third kappa shape index (κ3) is 4.86. The average molecular weight is 338 g/mol. The van der Waals surface area contributed by atoms with E-state index in [1.54, 1.807) is 12.4 Å². The van der Waals surface area contributed by atoms with E-state index in [2.05, 4.69) is 21.9 Å². The Labute approximate surface area is 149 Å². The number of likely N-dealkylation sites (tertiary alicyclic amines) is 1. The first-order valence-electron chi connectivity index (χ1n) is 9.01. The van der Waals surface area contributed by atoms with Gasteiger partial charge >= 0.3 is 0 Å². The van der Waals surface area contributed by atoms with Crippen molar-refractivity contribution in [3.05, 3.63) is 60.2 Å². The fraction of sp³-hybridized carbons (Fsp3) is 0.450. The maximum atomic E-state index is 13.3. The van der Waals surface area contributed by atoms with Crippen molar-refractivity contribution < 1.29 is 4.79 Å². The van der Waals surface area contributed by atoms with Gasteiger partial charge in [-0.1, -0.05) is 25.0 Å². The maximum Gasteiger partial charge on any atom is 0.240 e. The van der Waals surface area contributed by atoms with Crippen LogP contribution in [0.25, 0.3) is 0 Å². The van der Waals surface area contributed by atoms with Gasteiger partial charge < -0.3 is 4.90 Å². The van der Waals surface area contributed by atoms with Crippen LogP contribution in [0.1, 0.15) is 36.8 Å². The molecule has 0 spiro atoms. The summed E-state index contributed by atoms with van der Waals surface area (Å²) < 4.78 is 0. The van der Waals surface area contributed by atoms with E-state index in [1.165, 1.54) is 12.8 Å². The Morgan fingerprint density at radius 3 is 2.28 bits per heavy atom. The lowest BCUT2D eigenvalue weighted by molar-refractivity contribution is -0.138. The Morgan fingerprint density at radius 1 is 1.08 bits per heavy atom. The molecule has 0 aromatic carbocycles. The second-order valence-electron chi connectivity index (χ2n) is 6.76. The number of hydrogen-bond acceptors (Lipinski definition) is 4. The Kier molecular flexibility index (Phi) is 6.12. The number of hydrogen-bond donors (Lipinski definition) is 0. The molecule has 1 saturated heterocycles. The smallest absolute Gasteiger partial charge is 0.240 e. The van der Waals surface area contributed by atoms with E-state index in [9.17, 15) is 4.79 Å². The molecule has 3 rings (SSSR count). The Balaban J connectivity index is 1.80. The van der Waals surface area contributed by atoms with Crippen LogP contribution in [0, 0.1) is 0 Å². The number of carbonyl (C=O) groups excluding carboxylic acids is 1. The molecule has 1 aliphatic rings. The molecule has 2 aromatic rings. The molecular formula is C20H26N4O. The van der Waals surface area contributed by atoms with E-state index < -0.39 is 0 Å². The van der Waals surface area contributed by atoms with Gasteiger partial charge in [0.2, 0.25) is 5.91 Å². The van der Waals surface area contributed by atoms with Gasteiger partial charge in [0.1, 0.15) is 0 Å². The van der Waals surface area contributed by atoms with E-state index in [0.717, 1.165) is 30.5 Å². The second-order valence-corrected chi connectivity index (χ2v) is 6.76. The molecule has 5 nitrogen and oxygen atoms in total. The van der Waals surface area contributed by atoms with Gasteiger partial charge in [-0.2, -0.15) is 0 Å². The molecule has 1 amide bonds. The lowest BCUT2D eigenvalue weighted by Gasteiger charge is -2.31. The summed E-state index contributed by atoms with van der Waals surface area (Å²) in [6.45, 7) is 2.14. The summed E-state index contributed by atoms with van der Waals surface area (Å²) in [5.74, 6) is 0.206. The molecule has 2 aromatic heterocycles. The minimum absolute atomic E-state index is 0.0316. The first-order valence-corrected chi connectivity index (χ1v) is 9.01. The fourth-order valence-corrected chi connectivity index (χ4v) is 3.41. The molecule has 1 atom stereocenters. The van der Waals surface area contributed by atoms with Crippen LogP contribution in [0.15, 0.2) is 49.1 Å². The highest BCUT2D eigenvalue weighted by atomic mass is 16.2. The SMILES string of the molecule is CN1CCCCC[C@@H]1C(=O)N(Cc1cccnc1)Cc1cccnc1. The largest absolute Gasteiger partial charge is 0.333 e. The summed E-state index contributed by atoms with van der Waals surface area (Å²) >= 11 is 0. The third-order valence-corrected chi connectivity index (χ3v) is 4.81. The van der Waals surface area contributed by atoms with Gasteiger partial charge in [0, 0.05) is 37.9 Å². The third-order valence-electron chi connectivity index (χ3n) is 4.81. The van der Waals surface area contributed by atoms with Gasteiger partial charge in [-0.05, 0) is 49.7 Å². The molecule has 0 bridgehead atoms. The van der Waals surface area contributed by atoms with Crippen molar-refractivity contribution in [2.75, 3.05) is 13.6 Å². The lowest BCUT2D eigenvalue weighted by Crippen LogP contribution is -2.46. The molecule has 0 aliphatic carbocycles. The fourth-order valence-electron chi connectivity index (χ4n) is 3.41. The normalized spacial score (nSPS) is 18.5. The Morgan fingerprint density at radius 2 is 1.72 bits per heavy atom. The zero-order valence-corrected chi connectivity index (χ0v) is 14.8. The summed E-state index contributed by atoms with van der Waals surface area (Å²) in [6, 6.07) is 7.84. The van der Waals surface area contributed by atoms with Crippen molar-refractivity contribution in [3.8, 4) is 0 Å². The van der Waals surface area contributed by atoms with Crippen molar-refractivity contribution >= 4 is 5.91 Å². The van der Waals surface area contributed by atoms with E-state index in [1.807, 2.05) is 41.6 Å². The Hall–Kier alpha value is -2.27. The summed E-state index contributed by atoms with van der Waals surface area (Å²) in [4.78, 5) is 25.8. The molecule has 0 unspecified atom stereocenters. The summed E-state index contributed by atoms with van der Waals surface area (Å²) in [5.41, 5.74) is 2.10. The summed E-state index contributed by atoms with van der Waals surface area (Å²) in [7, 11) is 2.07. The molecule has 3 heterocycles. The number of nitrogens with zero attached hydrogens (tertiary/aromatic N) is 4. The number of pyridine rings is 2. The molecule has 1 aliphatic heterocycles. The number of aromatic nitrogens is 2. The van der Waals surface area contributed by atoms with Gasteiger partial charge in [-0.25, -0.2) is 0 Å².